The van der Waals surface area contributed by atoms with Crippen LogP contribution in [0.5, 0.6) is 0 Å². The summed E-state index contributed by atoms with van der Waals surface area (Å²) in [6.45, 7) is 1.45. The highest BCUT2D eigenvalue weighted by Crippen LogP contribution is 2.23. The van der Waals surface area contributed by atoms with E-state index in [0.29, 0.717) is 0 Å². The minimum absolute atomic E-state index is 0.115. The van der Waals surface area contributed by atoms with Crippen molar-refractivity contribution in [3.05, 3.63) is 0 Å². The maximum absolute atomic E-state index is 11.5. The van der Waals surface area contributed by atoms with Crippen molar-refractivity contribution >= 4 is 11.9 Å². The lowest BCUT2D eigenvalue weighted by Crippen LogP contribution is -2.45. The molecular weight excluding hydrogens is 184 g/mol. The average molecular weight is 200 g/mol. The SMILES string of the molecule is C[C@H](NC(=O)[C@H]1CCC[C@H]1N)C(=O)O. The van der Waals surface area contributed by atoms with Crippen molar-refractivity contribution in [1.82, 2.24) is 5.32 Å². The number of rotatable bonds is 3. The van der Waals surface area contributed by atoms with Gasteiger partial charge in [0.2, 0.25) is 5.91 Å². The second-order valence-corrected chi connectivity index (χ2v) is 3.77. The molecule has 0 bridgehead atoms. The van der Waals surface area contributed by atoms with E-state index in [9.17, 15) is 9.59 Å². The van der Waals surface area contributed by atoms with Crippen LogP contribution in [0.2, 0.25) is 0 Å². The highest BCUT2D eigenvalue weighted by Gasteiger charge is 2.31. The molecule has 5 nitrogen and oxygen atoms in total. The fraction of sp³-hybridized carbons (Fsp3) is 0.778. The molecule has 1 aliphatic rings. The minimum atomic E-state index is -1.02. The minimum Gasteiger partial charge on any atom is -0.480 e. The Morgan fingerprint density at radius 2 is 2.14 bits per heavy atom. The molecule has 5 heteroatoms. The van der Waals surface area contributed by atoms with E-state index in [1.165, 1.54) is 6.92 Å². The molecule has 0 aromatic heterocycles. The van der Waals surface area contributed by atoms with Gasteiger partial charge in [-0.25, -0.2) is 0 Å². The molecule has 0 radical (unpaired) electrons. The number of carbonyl (C=O) groups is 2. The van der Waals surface area contributed by atoms with Crippen molar-refractivity contribution in [2.24, 2.45) is 11.7 Å². The Bertz CT molecular complexity index is 242. The van der Waals surface area contributed by atoms with Gasteiger partial charge in [-0.05, 0) is 19.8 Å². The summed E-state index contributed by atoms with van der Waals surface area (Å²) >= 11 is 0. The van der Waals surface area contributed by atoms with Crippen LogP contribution in [0.15, 0.2) is 0 Å². The number of hydrogen-bond acceptors (Lipinski definition) is 3. The number of aliphatic carboxylic acids is 1. The van der Waals surface area contributed by atoms with E-state index in [1.807, 2.05) is 0 Å². The summed E-state index contributed by atoms with van der Waals surface area (Å²) in [7, 11) is 0. The van der Waals surface area contributed by atoms with Crippen molar-refractivity contribution in [2.75, 3.05) is 0 Å². The van der Waals surface area contributed by atoms with E-state index in [2.05, 4.69) is 5.32 Å². The first-order chi connectivity index (χ1) is 6.52. The second-order valence-electron chi connectivity index (χ2n) is 3.77. The predicted octanol–water partition coefficient (Wildman–Crippen LogP) is -0.297. The molecule has 0 spiro atoms. The molecule has 14 heavy (non-hydrogen) atoms. The van der Waals surface area contributed by atoms with Crippen LogP contribution in [-0.2, 0) is 9.59 Å². The number of carbonyl (C=O) groups excluding carboxylic acids is 1. The molecule has 1 fully saturated rings. The zero-order chi connectivity index (χ0) is 10.7. The zero-order valence-electron chi connectivity index (χ0n) is 8.19. The van der Waals surface area contributed by atoms with E-state index in [-0.39, 0.29) is 17.9 Å². The molecule has 1 amide bonds. The molecule has 0 aromatic carbocycles. The predicted molar refractivity (Wildman–Crippen MR) is 50.6 cm³/mol. The van der Waals surface area contributed by atoms with Crippen molar-refractivity contribution in [1.29, 1.82) is 0 Å². The summed E-state index contributed by atoms with van der Waals surface area (Å²) in [5, 5.41) is 11.0. The quantitative estimate of drug-likeness (QED) is 0.583. The van der Waals surface area contributed by atoms with Gasteiger partial charge in [0.05, 0.1) is 5.92 Å². The van der Waals surface area contributed by atoms with Gasteiger partial charge in [0.25, 0.3) is 0 Å². The molecule has 80 valence electrons. The van der Waals surface area contributed by atoms with Crippen molar-refractivity contribution in [2.45, 2.75) is 38.3 Å². The Labute approximate surface area is 82.7 Å². The van der Waals surface area contributed by atoms with Gasteiger partial charge >= 0.3 is 5.97 Å². The topological polar surface area (TPSA) is 92.4 Å². The Morgan fingerprint density at radius 3 is 2.57 bits per heavy atom. The molecule has 3 atom stereocenters. The zero-order valence-corrected chi connectivity index (χ0v) is 8.19. The summed E-state index contributed by atoms with van der Waals surface area (Å²) in [4.78, 5) is 22.0. The molecule has 0 aromatic rings. The first-order valence-electron chi connectivity index (χ1n) is 4.81. The maximum Gasteiger partial charge on any atom is 0.325 e. The second kappa shape index (κ2) is 4.41. The number of amides is 1. The van der Waals surface area contributed by atoms with Crippen LogP contribution in [0, 0.1) is 5.92 Å². The van der Waals surface area contributed by atoms with E-state index in [1.54, 1.807) is 0 Å². The molecule has 0 heterocycles. The van der Waals surface area contributed by atoms with E-state index >= 15 is 0 Å². The number of carboxylic acid groups (broad SMARTS) is 1. The van der Waals surface area contributed by atoms with Crippen LogP contribution in [0.1, 0.15) is 26.2 Å². The Hall–Kier alpha value is -1.10. The van der Waals surface area contributed by atoms with Gasteiger partial charge in [0.15, 0.2) is 0 Å². The monoisotopic (exact) mass is 200 g/mol. The van der Waals surface area contributed by atoms with Gasteiger partial charge in [0.1, 0.15) is 6.04 Å². The van der Waals surface area contributed by atoms with E-state index in [0.717, 1.165) is 19.3 Å². The molecule has 0 aliphatic heterocycles. The first-order valence-corrected chi connectivity index (χ1v) is 4.81. The summed E-state index contributed by atoms with van der Waals surface area (Å²) in [5.41, 5.74) is 5.72. The van der Waals surface area contributed by atoms with Gasteiger partial charge < -0.3 is 16.2 Å². The molecule has 0 saturated heterocycles. The van der Waals surface area contributed by atoms with E-state index in [4.69, 9.17) is 10.8 Å². The Morgan fingerprint density at radius 1 is 1.50 bits per heavy atom. The molecule has 0 unspecified atom stereocenters. The van der Waals surface area contributed by atoms with Crippen LogP contribution in [0.3, 0.4) is 0 Å². The lowest BCUT2D eigenvalue weighted by Gasteiger charge is -2.17. The standard InChI is InChI=1S/C9H16N2O3/c1-5(9(13)14)11-8(12)6-3-2-4-7(6)10/h5-7H,2-4,10H2,1H3,(H,11,12)(H,13,14)/t5-,6-,7+/m0/s1. The molecule has 1 saturated carbocycles. The van der Waals surface area contributed by atoms with Crippen LogP contribution in [0.4, 0.5) is 0 Å². The highest BCUT2D eigenvalue weighted by atomic mass is 16.4. The smallest absolute Gasteiger partial charge is 0.325 e. The summed E-state index contributed by atoms with van der Waals surface area (Å²) in [5.74, 6) is -1.47. The van der Waals surface area contributed by atoms with Crippen LogP contribution < -0.4 is 11.1 Å². The van der Waals surface area contributed by atoms with Gasteiger partial charge in [-0.15, -0.1) is 0 Å². The van der Waals surface area contributed by atoms with Crippen molar-refractivity contribution < 1.29 is 14.7 Å². The lowest BCUT2D eigenvalue weighted by molar-refractivity contribution is -0.142. The van der Waals surface area contributed by atoms with Gasteiger partial charge in [-0.1, -0.05) is 6.42 Å². The fourth-order valence-corrected chi connectivity index (χ4v) is 1.70. The first kappa shape index (κ1) is 11.0. The maximum atomic E-state index is 11.5. The average Bonchev–Trinajstić information content (AvgIpc) is 2.51. The van der Waals surface area contributed by atoms with Crippen LogP contribution >= 0.6 is 0 Å². The third kappa shape index (κ3) is 2.45. The molecule has 1 rings (SSSR count). The van der Waals surface area contributed by atoms with Crippen molar-refractivity contribution in [3.8, 4) is 0 Å². The van der Waals surface area contributed by atoms with Crippen molar-refractivity contribution in [3.63, 3.8) is 0 Å². The van der Waals surface area contributed by atoms with Gasteiger partial charge in [-0.3, -0.25) is 9.59 Å². The fourth-order valence-electron chi connectivity index (χ4n) is 1.70. The normalized spacial score (nSPS) is 28.4. The Balaban J connectivity index is 2.45. The van der Waals surface area contributed by atoms with Gasteiger partial charge in [0, 0.05) is 6.04 Å². The number of carboxylic acids is 1. The van der Waals surface area contributed by atoms with Crippen LogP contribution in [-0.4, -0.2) is 29.1 Å². The van der Waals surface area contributed by atoms with E-state index < -0.39 is 12.0 Å². The number of nitrogens with two attached hydrogens (primary N) is 1. The third-order valence-electron chi connectivity index (χ3n) is 2.64. The summed E-state index contributed by atoms with van der Waals surface area (Å²) in [6, 6.07) is -0.953. The highest BCUT2D eigenvalue weighted by molar-refractivity contribution is 5.85. The lowest BCUT2D eigenvalue weighted by atomic mass is 10.0. The Kier molecular flexibility index (Phi) is 3.46. The molecule has 4 N–H and O–H groups in total. The molecular formula is C9H16N2O3. The summed E-state index contributed by atoms with van der Waals surface area (Å²) < 4.78 is 0. The van der Waals surface area contributed by atoms with Gasteiger partial charge in [-0.2, -0.15) is 0 Å². The number of hydrogen-bond donors (Lipinski definition) is 3. The third-order valence-corrected chi connectivity index (χ3v) is 2.64. The number of nitrogens with one attached hydrogen (secondary N) is 1. The summed E-state index contributed by atoms with van der Waals surface area (Å²) in [6.07, 6.45) is 2.56. The largest absolute Gasteiger partial charge is 0.480 e. The molecule has 1 aliphatic carbocycles. The van der Waals surface area contributed by atoms with Crippen LogP contribution in [0.25, 0.3) is 0 Å².